The molecule has 0 aliphatic rings. The Morgan fingerprint density at radius 1 is 1.64 bits per heavy atom. The van der Waals surface area contributed by atoms with Gasteiger partial charge in [-0.1, -0.05) is 12.0 Å². The van der Waals surface area contributed by atoms with Gasteiger partial charge in [-0.25, -0.2) is 0 Å². The summed E-state index contributed by atoms with van der Waals surface area (Å²) in [5.74, 6) is 2.23. The van der Waals surface area contributed by atoms with Crippen molar-refractivity contribution in [2.24, 2.45) is 0 Å². The lowest BCUT2D eigenvalue weighted by Crippen LogP contribution is -2.07. The van der Waals surface area contributed by atoms with Crippen LogP contribution in [0.15, 0.2) is 24.4 Å². The Morgan fingerprint density at radius 2 is 2.45 bits per heavy atom. The summed E-state index contributed by atoms with van der Waals surface area (Å²) in [5.41, 5.74) is 0.818. The molecule has 0 amide bonds. The molecule has 1 rings (SSSR count). The lowest BCUT2D eigenvalue weighted by molar-refractivity contribution is 0.232. The van der Waals surface area contributed by atoms with Crippen LogP contribution >= 0.6 is 0 Å². The molecule has 1 heterocycles. The predicted molar refractivity (Wildman–Crippen MR) is 42.8 cm³/mol. The van der Waals surface area contributed by atoms with E-state index in [1.807, 2.05) is 18.2 Å². The molecule has 0 spiro atoms. The van der Waals surface area contributed by atoms with Crippen molar-refractivity contribution >= 4 is 0 Å². The van der Waals surface area contributed by atoms with Gasteiger partial charge in [0.15, 0.2) is 0 Å². The largest absolute Gasteiger partial charge is 0.380 e. The molecule has 0 radical (unpaired) electrons. The molecule has 0 saturated heterocycles. The van der Waals surface area contributed by atoms with E-state index < -0.39 is 6.10 Å². The second-order valence-corrected chi connectivity index (χ2v) is 2.21. The fourth-order valence-corrected chi connectivity index (χ4v) is 0.776. The number of aliphatic hydroxyl groups is 1. The third-order valence-electron chi connectivity index (χ3n) is 1.32. The van der Waals surface area contributed by atoms with Crippen molar-refractivity contribution in [3.05, 3.63) is 30.1 Å². The molecule has 0 fully saturated rings. The van der Waals surface area contributed by atoms with Gasteiger partial charge in [-0.2, -0.15) is 0 Å². The van der Waals surface area contributed by atoms with E-state index in [-0.39, 0.29) is 0 Å². The summed E-state index contributed by atoms with van der Waals surface area (Å²) < 4.78 is 0. The second-order valence-electron chi connectivity index (χ2n) is 2.21. The van der Waals surface area contributed by atoms with Crippen LogP contribution in [0.3, 0.4) is 0 Å². The van der Waals surface area contributed by atoms with E-state index in [1.165, 1.54) is 0 Å². The zero-order valence-corrected chi connectivity index (χ0v) is 6.07. The molecule has 1 aromatic rings. The van der Waals surface area contributed by atoms with Gasteiger partial charge in [-0.15, -0.1) is 6.42 Å². The maximum absolute atomic E-state index is 9.04. The van der Waals surface area contributed by atoms with Gasteiger partial charge in [0.1, 0.15) is 6.10 Å². The van der Waals surface area contributed by atoms with Crippen LogP contribution in [0.2, 0.25) is 0 Å². The molecule has 0 aromatic carbocycles. The number of aromatic nitrogens is 1. The summed E-state index contributed by atoms with van der Waals surface area (Å²) >= 11 is 0. The van der Waals surface area contributed by atoms with E-state index in [0.29, 0.717) is 6.42 Å². The highest BCUT2D eigenvalue weighted by Crippen LogP contribution is 1.97. The zero-order valence-electron chi connectivity index (χ0n) is 6.07. The standard InChI is InChI=1S/C9H9NO/c1-2-9(11)7-8-5-3-4-6-10-8/h1,3-6,9,11H,7H2. The van der Waals surface area contributed by atoms with Crippen LogP contribution in [0.1, 0.15) is 5.69 Å². The van der Waals surface area contributed by atoms with Crippen LogP contribution < -0.4 is 0 Å². The summed E-state index contributed by atoms with van der Waals surface area (Å²) in [4.78, 5) is 4.01. The van der Waals surface area contributed by atoms with Gasteiger partial charge in [0.25, 0.3) is 0 Å². The Balaban J connectivity index is 2.60. The Labute approximate surface area is 65.9 Å². The van der Waals surface area contributed by atoms with E-state index in [9.17, 15) is 0 Å². The second kappa shape index (κ2) is 3.75. The zero-order chi connectivity index (χ0) is 8.10. The average Bonchev–Trinajstić information content (AvgIpc) is 2.06. The first kappa shape index (κ1) is 7.77. The fraction of sp³-hybridized carbons (Fsp3) is 0.222. The maximum Gasteiger partial charge on any atom is 0.120 e. The van der Waals surface area contributed by atoms with Gasteiger partial charge in [0.05, 0.1) is 0 Å². The molecule has 2 heteroatoms. The summed E-state index contributed by atoms with van der Waals surface area (Å²) in [5, 5.41) is 9.04. The minimum atomic E-state index is -0.718. The van der Waals surface area contributed by atoms with Crippen molar-refractivity contribution in [2.45, 2.75) is 12.5 Å². The monoisotopic (exact) mass is 147 g/mol. The highest BCUT2D eigenvalue weighted by atomic mass is 16.3. The van der Waals surface area contributed by atoms with Gasteiger partial charge in [-0.05, 0) is 12.1 Å². The SMILES string of the molecule is C#CC(O)Cc1ccccn1. The number of terminal acetylenes is 1. The minimum absolute atomic E-state index is 0.428. The molecule has 1 unspecified atom stereocenters. The normalized spacial score (nSPS) is 12.0. The number of rotatable bonds is 2. The van der Waals surface area contributed by atoms with Crippen LogP contribution in [0.4, 0.5) is 0 Å². The predicted octanol–water partition coefficient (Wildman–Crippen LogP) is 0.618. The van der Waals surface area contributed by atoms with E-state index in [0.717, 1.165) is 5.69 Å². The number of hydrogen-bond acceptors (Lipinski definition) is 2. The first-order valence-corrected chi connectivity index (χ1v) is 3.37. The van der Waals surface area contributed by atoms with Crippen LogP contribution in [-0.2, 0) is 6.42 Å². The lowest BCUT2D eigenvalue weighted by atomic mass is 10.2. The maximum atomic E-state index is 9.04. The molecule has 11 heavy (non-hydrogen) atoms. The van der Waals surface area contributed by atoms with Crippen molar-refractivity contribution in [1.82, 2.24) is 4.98 Å². The van der Waals surface area contributed by atoms with Gasteiger partial charge in [-0.3, -0.25) is 4.98 Å². The molecular formula is C9H9NO. The molecule has 1 aromatic heterocycles. The Bertz CT molecular complexity index is 250. The average molecular weight is 147 g/mol. The van der Waals surface area contributed by atoms with Crippen molar-refractivity contribution in [1.29, 1.82) is 0 Å². The molecule has 1 atom stereocenters. The van der Waals surface area contributed by atoms with Gasteiger partial charge in [0, 0.05) is 18.3 Å². The number of aliphatic hydroxyl groups excluding tert-OH is 1. The molecule has 1 N–H and O–H groups in total. The molecule has 0 aliphatic carbocycles. The molecular weight excluding hydrogens is 138 g/mol. The Morgan fingerprint density at radius 3 is 3.00 bits per heavy atom. The first-order chi connectivity index (χ1) is 5.33. The third kappa shape index (κ3) is 2.40. The number of hydrogen-bond donors (Lipinski definition) is 1. The summed E-state index contributed by atoms with van der Waals surface area (Å²) in [7, 11) is 0. The van der Waals surface area contributed by atoms with E-state index in [4.69, 9.17) is 11.5 Å². The smallest absolute Gasteiger partial charge is 0.120 e. The van der Waals surface area contributed by atoms with Crippen LogP contribution in [0.25, 0.3) is 0 Å². The number of pyridine rings is 1. The van der Waals surface area contributed by atoms with Gasteiger partial charge >= 0.3 is 0 Å². The molecule has 0 bridgehead atoms. The van der Waals surface area contributed by atoms with Crippen LogP contribution in [-0.4, -0.2) is 16.2 Å². The highest BCUT2D eigenvalue weighted by molar-refractivity contribution is 5.08. The van der Waals surface area contributed by atoms with Crippen molar-refractivity contribution in [3.63, 3.8) is 0 Å². The van der Waals surface area contributed by atoms with Crippen molar-refractivity contribution in [3.8, 4) is 12.3 Å². The fourth-order valence-electron chi connectivity index (χ4n) is 0.776. The third-order valence-corrected chi connectivity index (χ3v) is 1.32. The summed E-state index contributed by atoms with van der Waals surface area (Å²) in [6.45, 7) is 0. The number of nitrogens with zero attached hydrogens (tertiary/aromatic N) is 1. The summed E-state index contributed by atoms with van der Waals surface area (Å²) in [6, 6.07) is 5.53. The van der Waals surface area contributed by atoms with E-state index in [1.54, 1.807) is 6.20 Å². The highest BCUT2D eigenvalue weighted by Gasteiger charge is 2.00. The van der Waals surface area contributed by atoms with Gasteiger partial charge in [0.2, 0.25) is 0 Å². The van der Waals surface area contributed by atoms with E-state index in [2.05, 4.69) is 10.9 Å². The molecule has 0 saturated carbocycles. The Hall–Kier alpha value is -1.33. The first-order valence-electron chi connectivity index (χ1n) is 3.37. The molecule has 2 nitrogen and oxygen atoms in total. The quantitative estimate of drug-likeness (QED) is 0.622. The molecule has 56 valence electrons. The Kier molecular flexibility index (Phi) is 2.65. The summed E-state index contributed by atoms with van der Waals surface area (Å²) in [6.07, 6.45) is 6.38. The van der Waals surface area contributed by atoms with Crippen LogP contribution in [0.5, 0.6) is 0 Å². The van der Waals surface area contributed by atoms with Crippen LogP contribution in [0, 0.1) is 12.3 Å². The van der Waals surface area contributed by atoms with E-state index >= 15 is 0 Å². The van der Waals surface area contributed by atoms with Crippen molar-refractivity contribution < 1.29 is 5.11 Å². The molecule has 0 aliphatic heterocycles. The minimum Gasteiger partial charge on any atom is -0.380 e. The lowest BCUT2D eigenvalue weighted by Gasteiger charge is -2.00. The van der Waals surface area contributed by atoms with Crippen molar-refractivity contribution in [2.75, 3.05) is 0 Å². The topological polar surface area (TPSA) is 33.1 Å². The van der Waals surface area contributed by atoms with Gasteiger partial charge < -0.3 is 5.11 Å².